The summed E-state index contributed by atoms with van der Waals surface area (Å²) in [5.74, 6) is 0.878. The number of benzene rings is 1. The molecule has 0 radical (unpaired) electrons. The van der Waals surface area contributed by atoms with Crippen molar-refractivity contribution in [3.63, 3.8) is 0 Å². The van der Waals surface area contributed by atoms with Crippen molar-refractivity contribution in [1.29, 1.82) is 0 Å². The minimum atomic E-state index is 0.315. The Morgan fingerprint density at radius 1 is 1.11 bits per heavy atom. The van der Waals surface area contributed by atoms with Gasteiger partial charge in [0.1, 0.15) is 0 Å². The number of hydrogen-bond donors (Lipinski definition) is 0. The highest BCUT2D eigenvalue weighted by Crippen LogP contribution is 2.23. The van der Waals surface area contributed by atoms with Crippen molar-refractivity contribution in [1.82, 2.24) is 0 Å². The topological polar surface area (TPSA) is 17.1 Å². The van der Waals surface area contributed by atoms with Crippen molar-refractivity contribution >= 4 is 33.5 Å². The molecule has 0 saturated carbocycles. The Morgan fingerprint density at radius 3 is 2.63 bits per heavy atom. The summed E-state index contributed by atoms with van der Waals surface area (Å²) in [4.78, 5) is 13.4. The van der Waals surface area contributed by atoms with Gasteiger partial charge < -0.3 is 0 Å². The largest absolute Gasteiger partial charge is 0.294 e. The van der Waals surface area contributed by atoms with Crippen molar-refractivity contribution < 1.29 is 4.79 Å². The molecule has 1 aromatic rings. The van der Waals surface area contributed by atoms with Crippen molar-refractivity contribution in [3.8, 4) is 0 Å². The van der Waals surface area contributed by atoms with Gasteiger partial charge in [-0.3, -0.25) is 4.79 Å². The minimum Gasteiger partial charge on any atom is -0.294 e. The number of halogens is 1. The summed E-state index contributed by atoms with van der Waals surface area (Å²) in [5.41, 5.74) is 1.06. The van der Waals surface area contributed by atoms with E-state index in [0.717, 1.165) is 27.8 Å². The maximum Gasteiger partial charge on any atom is 0.168 e. The first kappa shape index (κ1) is 14.9. The molecular weight excluding hydrogens is 320 g/mol. The van der Waals surface area contributed by atoms with Gasteiger partial charge in [0.2, 0.25) is 0 Å². The molecule has 0 fully saturated rings. The molecule has 0 spiro atoms. The molecule has 0 aliphatic heterocycles. The molecule has 19 heavy (non-hydrogen) atoms. The maximum absolute atomic E-state index is 12.2. The third-order valence-corrected chi connectivity index (χ3v) is 4.87. The lowest BCUT2D eigenvalue weighted by molar-refractivity contribution is -0.113. The first-order valence-electron chi connectivity index (χ1n) is 6.86. The lowest BCUT2D eigenvalue weighted by atomic mass is 9.98. The van der Waals surface area contributed by atoms with Gasteiger partial charge >= 0.3 is 0 Å². The standard InChI is InChI=1S/C16H19BrOS/c17-14-8-10-15(11-9-14)19-12-16(18)13-6-4-2-1-3-5-7-13/h6,8-11H,1-5,7,12H2/b13-6+. The molecule has 1 nitrogen and oxygen atoms in total. The molecule has 0 aromatic heterocycles. The zero-order chi connectivity index (χ0) is 13.5. The molecule has 1 aliphatic carbocycles. The predicted molar refractivity (Wildman–Crippen MR) is 85.7 cm³/mol. The van der Waals surface area contributed by atoms with E-state index < -0.39 is 0 Å². The molecule has 0 heterocycles. The summed E-state index contributed by atoms with van der Waals surface area (Å²) in [5, 5.41) is 0. The van der Waals surface area contributed by atoms with Crippen LogP contribution in [0.3, 0.4) is 0 Å². The zero-order valence-corrected chi connectivity index (χ0v) is 13.4. The van der Waals surface area contributed by atoms with Gasteiger partial charge in [0.05, 0.1) is 5.75 Å². The van der Waals surface area contributed by atoms with E-state index in [1.165, 1.54) is 25.7 Å². The van der Waals surface area contributed by atoms with Crippen LogP contribution in [0.1, 0.15) is 38.5 Å². The first-order chi connectivity index (χ1) is 9.25. The molecule has 0 atom stereocenters. The van der Waals surface area contributed by atoms with Crippen molar-refractivity contribution in [2.45, 2.75) is 43.4 Å². The van der Waals surface area contributed by atoms with Gasteiger partial charge in [-0.15, -0.1) is 11.8 Å². The van der Waals surface area contributed by atoms with Crippen LogP contribution in [0.5, 0.6) is 0 Å². The number of hydrogen-bond acceptors (Lipinski definition) is 2. The van der Waals surface area contributed by atoms with Crippen LogP contribution in [0.15, 0.2) is 45.3 Å². The minimum absolute atomic E-state index is 0.315. The number of ketones is 1. The number of allylic oxidation sites excluding steroid dienone is 2. The molecule has 0 bridgehead atoms. The van der Waals surface area contributed by atoms with Crippen LogP contribution in [0.25, 0.3) is 0 Å². The van der Waals surface area contributed by atoms with Gasteiger partial charge in [0.25, 0.3) is 0 Å². The predicted octanol–water partition coefficient (Wildman–Crippen LogP) is 5.39. The average molecular weight is 339 g/mol. The van der Waals surface area contributed by atoms with E-state index in [-0.39, 0.29) is 0 Å². The smallest absolute Gasteiger partial charge is 0.168 e. The van der Waals surface area contributed by atoms with Gasteiger partial charge in [-0.2, -0.15) is 0 Å². The van der Waals surface area contributed by atoms with Crippen LogP contribution in [-0.2, 0) is 4.79 Å². The highest BCUT2D eigenvalue weighted by Gasteiger charge is 2.11. The molecule has 2 rings (SSSR count). The summed E-state index contributed by atoms with van der Waals surface area (Å²) in [6, 6.07) is 8.13. The second-order valence-corrected chi connectivity index (χ2v) is 6.81. The molecule has 0 N–H and O–H groups in total. The average Bonchev–Trinajstić information content (AvgIpc) is 2.37. The Labute approximate surface area is 128 Å². The fraction of sp³-hybridized carbons (Fsp3) is 0.438. The van der Waals surface area contributed by atoms with Crippen LogP contribution in [0.2, 0.25) is 0 Å². The van der Waals surface area contributed by atoms with Gasteiger partial charge in [-0.25, -0.2) is 0 Å². The number of Topliss-reactive ketones (excluding diaryl/α,β-unsaturated/α-hetero) is 1. The molecule has 102 valence electrons. The Kier molecular flexibility index (Phi) is 6.18. The normalized spacial score (nSPS) is 19.1. The van der Waals surface area contributed by atoms with Crippen LogP contribution in [0.4, 0.5) is 0 Å². The quantitative estimate of drug-likeness (QED) is 0.684. The Hall–Kier alpha value is -0.540. The molecule has 3 heteroatoms. The van der Waals surface area contributed by atoms with Gasteiger partial charge in [0, 0.05) is 9.37 Å². The fourth-order valence-corrected chi connectivity index (χ4v) is 3.29. The molecular formula is C16H19BrOS. The number of thioether (sulfide) groups is 1. The summed E-state index contributed by atoms with van der Waals surface area (Å²) >= 11 is 5.05. The summed E-state index contributed by atoms with van der Waals surface area (Å²) in [6.45, 7) is 0. The highest BCUT2D eigenvalue weighted by atomic mass is 79.9. The van der Waals surface area contributed by atoms with Gasteiger partial charge in [0.15, 0.2) is 5.78 Å². The van der Waals surface area contributed by atoms with E-state index in [0.29, 0.717) is 11.5 Å². The fourth-order valence-electron chi connectivity index (χ4n) is 2.22. The van der Waals surface area contributed by atoms with E-state index >= 15 is 0 Å². The third-order valence-electron chi connectivity index (χ3n) is 3.33. The Bertz CT molecular complexity index is 450. The lowest BCUT2D eigenvalue weighted by Gasteiger charge is -2.10. The SMILES string of the molecule is O=C(CSc1ccc(Br)cc1)/C1=C/CCCCCC1. The maximum atomic E-state index is 12.2. The monoisotopic (exact) mass is 338 g/mol. The third kappa shape index (κ3) is 5.15. The van der Waals surface area contributed by atoms with Gasteiger partial charge in [-0.1, -0.05) is 34.8 Å². The van der Waals surface area contributed by atoms with Crippen molar-refractivity contribution in [2.75, 3.05) is 5.75 Å². The summed E-state index contributed by atoms with van der Waals surface area (Å²) in [7, 11) is 0. The van der Waals surface area contributed by atoms with E-state index in [2.05, 4.69) is 34.1 Å². The second-order valence-electron chi connectivity index (χ2n) is 4.85. The highest BCUT2D eigenvalue weighted by molar-refractivity contribution is 9.10. The van der Waals surface area contributed by atoms with Crippen LogP contribution in [0, 0.1) is 0 Å². The first-order valence-corrected chi connectivity index (χ1v) is 8.64. The van der Waals surface area contributed by atoms with E-state index in [1.54, 1.807) is 11.8 Å². The molecule has 0 amide bonds. The molecule has 0 unspecified atom stereocenters. The van der Waals surface area contributed by atoms with E-state index in [1.807, 2.05) is 12.1 Å². The number of rotatable bonds is 4. The summed E-state index contributed by atoms with van der Waals surface area (Å²) < 4.78 is 1.07. The van der Waals surface area contributed by atoms with Crippen molar-refractivity contribution in [3.05, 3.63) is 40.4 Å². The van der Waals surface area contributed by atoms with Crippen LogP contribution >= 0.6 is 27.7 Å². The zero-order valence-electron chi connectivity index (χ0n) is 11.0. The second kappa shape index (κ2) is 7.91. The molecule has 1 aliphatic rings. The Balaban J connectivity index is 1.87. The van der Waals surface area contributed by atoms with Crippen molar-refractivity contribution in [2.24, 2.45) is 0 Å². The lowest BCUT2D eigenvalue weighted by Crippen LogP contribution is -2.07. The summed E-state index contributed by atoms with van der Waals surface area (Å²) in [6.07, 6.45) is 9.20. The van der Waals surface area contributed by atoms with E-state index in [9.17, 15) is 4.79 Å². The number of carbonyl (C=O) groups excluding carboxylic acids is 1. The van der Waals surface area contributed by atoms with Crippen LogP contribution in [-0.4, -0.2) is 11.5 Å². The number of carbonyl (C=O) groups is 1. The molecule has 0 saturated heterocycles. The molecule has 1 aromatic carbocycles. The van der Waals surface area contributed by atoms with E-state index in [4.69, 9.17) is 0 Å². The van der Waals surface area contributed by atoms with Crippen LogP contribution < -0.4 is 0 Å². The Morgan fingerprint density at radius 2 is 1.84 bits per heavy atom. The van der Waals surface area contributed by atoms with Gasteiger partial charge in [-0.05, 0) is 55.5 Å².